The van der Waals surface area contributed by atoms with Crippen LogP contribution >= 0.6 is 11.6 Å². The minimum atomic E-state index is -0.559. The maximum absolute atomic E-state index is 10.8. The van der Waals surface area contributed by atoms with Crippen molar-refractivity contribution >= 4 is 17.5 Å². The lowest BCUT2D eigenvalue weighted by Crippen LogP contribution is -2.22. The molecule has 0 heterocycles. The van der Waals surface area contributed by atoms with Gasteiger partial charge in [-0.15, -0.1) is 0 Å². The van der Waals surface area contributed by atoms with Gasteiger partial charge in [0, 0.05) is 13.1 Å². The monoisotopic (exact) mass is 312 g/mol. The van der Waals surface area contributed by atoms with Gasteiger partial charge in [0.15, 0.2) is 18.1 Å². The third-order valence-electron chi connectivity index (χ3n) is 3.63. The van der Waals surface area contributed by atoms with E-state index in [9.17, 15) is 4.79 Å². The van der Waals surface area contributed by atoms with Crippen molar-refractivity contribution in [3.63, 3.8) is 0 Å². The van der Waals surface area contributed by atoms with Crippen LogP contribution in [0.5, 0.6) is 11.5 Å². The third kappa shape index (κ3) is 4.51. The van der Waals surface area contributed by atoms with Crippen molar-refractivity contribution in [3.8, 4) is 11.5 Å². The smallest absolute Gasteiger partial charge is 0.255 e. The molecule has 2 rings (SSSR count). The largest absolute Gasteiger partial charge is 0.493 e. The molecule has 0 spiro atoms. The van der Waals surface area contributed by atoms with Crippen molar-refractivity contribution in [2.75, 3.05) is 20.3 Å². The molecule has 6 heteroatoms. The van der Waals surface area contributed by atoms with E-state index >= 15 is 0 Å². The van der Waals surface area contributed by atoms with Crippen molar-refractivity contribution in [2.24, 2.45) is 11.1 Å². The van der Waals surface area contributed by atoms with Gasteiger partial charge in [0.2, 0.25) is 0 Å². The summed E-state index contributed by atoms with van der Waals surface area (Å²) in [5, 5.41) is 3.83. The quantitative estimate of drug-likeness (QED) is 0.771. The number of rotatable bonds is 8. The van der Waals surface area contributed by atoms with Gasteiger partial charge in [0.05, 0.1) is 12.1 Å². The van der Waals surface area contributed by atoms with E-state index in [-0.39, 0.29) is 6.61 Å². The highest BCUT2D eigenvalue weighted by Crippen LogP contribution is 2.44. The standard InChI is InChI=1S/C15H21ClN2O3/c1-15(3-4-15)9-18-7-10-5-11(16)14(12(6-10)20-2)21-8-13(17)19/h5-6,18H,3-4,7-9H2,1-2H3,(H2,17,19). The van der Waals surface area contributed by atoms with Gasteiger partial charge in [0.25, 0.3) is 5.91 Å². The molecule has 116 valence electrons. The van der Waals surface area contributed by atoms with Gasteiger partial charge in [-0.05, 0) is 36.0 Å². The van der Waals surface area contributed by atoms with Crippen molar-refractivity contribution in [3.05, 3.63) is 22.7 Å². The molecule has 1 aromatic rings. The van der Waals surface area contributed by atoms with Crippen molar-refractivity contribution in [1.82, 2.24) is 5.32 Å². The average molecular weight is 313 g/mol. The Morgan fingerprint density at radius 2 is 2.19 bits per heavy atom. The SMILES string of the molecule is COc1cc(CNCC2(C)CC2)cc(Cl)c1OCC(N)=O. The summed E-state index contributed by atoms with van der Waals surface area (Å²) in [7, 11) is 1.53. The number of methoxy groups -OCH3 is 1. The Bertz CT molecular complexity index is 530. The molecule has 1 aromatic carbocycles. The summed E-state index contributed by atoms with van der Waals surface area (Å²) in [6, 6.07) is 3.66. The molecule has 5 nitrogen and oxygen atoms in total. The number of ether oxygens (including phenoxy) is 2. The first-order valence-corrected chi connectivity index (χ1v) is 7.29. The van der Waals surface area contributed by atoms with Gasteiger partial charge in [0.1, 0.15) is 0 Å². The zero-order valence-electron chi connectivity index (χ0n) is 12.4. The Kier molecular flexibility index (Phi) is 4.96. The van der Waals surface area contributed by atoms with Crippen LogP contribution in [0.15, 0.2) is 12.1 Å². The number of nitrogens with one attached hydrogen (secondary N) is 1. The van der Waals surface area contributed by atoms with Crippen LogP contribution in [0.25, 0.3) is 0 Å². The first-order valence-electron chi connectivity index (χ1n) is 6.92. The highest BCUT2D eigenvalue weighted by molar-refractivity contribution is 6.32. The molecule has 0 aromatic heterocycles. The second-order valence-electron chi connectivity index (χ2n) is 5.78. The molecular weight excluding hydrogens is 292 g/mol. The molecule has 0 unspecified atom stereocenters. The Labute approximate surface area is 129 Å². The summed E-state index contributed by atoms with van der Waals surface area (Å²) in [5.41, 5.74) is 6.53. The topological polar surface area (TPSA) is 73.6 Å². The molecular formula is C15H21ClN2O3. The zero-order valence-corrected chi connectivity index (χ0v) is 13.1. The molecule has 1 saturated carbocycles. The normalized spacial score (nSPS) is 15.6. The predicted octanol–water partition coefficient (Wildman–Crippen LogP) is 2.10. The van der Waals surface area contributed by atoms with Gasteiger partial charge in [-0.1, -0.05) is 18.5 Å². The van der Waals surface area contributed by atoms with Crippen molar-refractivity contribution in [1.29, 1.82) is 0 Å². The van der Waals surface area contributed by atoms with E-state index in [2.05, 4.69) is 12.2 Å². The fourth-order valence-corrected chi connectivity index (χ4v) is 2.35. The van der Waals surface area contributed by atoms with Crippen LogP contribution in [0.4, 0.5) is 0 Å². The number of carbonyl (C=O) groups is 1. The fourth-order valence-electron chi connectivity index (χ4n) is 2.06. The molecule has 0 radical (unpaired) electrons. The lowest BCUT2D eigenvalue weighted by molar-refractivity contribution is -0.119. The van der Waals surface area contributed by atoms with Gasteiger partial charge < -0.3 is 20.5 Å². The maximum Gasteiger partial charge on any atom is 0.255 e. The molecule has 1 aliphatic rings. The summed E-state index contributed by atoms with van der Waals surface area (Å²) in [6.45, 7) is 3.75. The zero-order chi connectivity index (χ0) is 15.5. The second kappa shape index (κ2) is 6.54. The minimum Gasteiger partial charge on any atom is -0.493 e. The van der Waals surface area contributed by atoms with Crippen LogP contribution in [-0.2, 0) is 11.3 Å². The summed E-state index contributed by atoms with van der Waals surface area (Å²) >= 11 is 6.19. The molecule has 0 aliphatic heterocycles. The number of primary amides is 1. The van der Waals surface area contributed by atoms with Crippen LogP contribution in [-0.4, -0.2) is 26.2 Å². The number of hydrogen-bond donors (Lipinski definition) is 2. The number of nitrogens with two attached hydrogens (primary N) is 1. The third-order valence-corrected chi connectivity index (χ3v) is 3.91. The van der Waals surface area contributed by atoms with Gasteiger partial charge >= 0.3 is 0 Å². The van der Waals surface area contributed by atoms with E-state index in [1.54, 1.807) is 0 Å². The van der Waals surface area contributed by atoms with E-state index in [1.807, 2.05) is 12.1 Å². The summed E-state index contributed by atoms with van der Waals surface area (Å²) < 4.78 is 10.6. The van der Waals surface area contributed by atoms with Crippen LogP contribution in [0.1, 0.15) is 25.3 Å². The van der Waals surface area contributed by atoms with Crippen molar-refractivity contribution < 1.29 is 14.3 Å². The minimum absolute atomic E-state index is 0.230. The highest BCUT2D eigenvalue weighted by atomic mass is 35.5. The Hall–Kier alpha value is -1.46. The molecule has 1 fully saturated rings. The molecule has 0 bridgehead atoms. The van der Waals surface area contributed by atoms with Gasteiger partial charge in [-0.2, -0.15) is 0 Å². The predicted molar refractivity (Wildman–Crippen MR) is 81.7 cm³/mol. The summed E-state index contributed by atoms with van der Waals surface area (Å²) in [5.74, 6) is 0.283. The van der Waals surface area contributed by atoms with E-state index in [0.717, 1.165) is 12.1 Å². The Morgan fingerprint density at radius 1 is 1.48 bits per heavy atom. The van der Waals surface area contributed by atoms with Gasteiger partial charge in [-0.3, -0.25) is 4.79 Å². The first kappa shape index (κ1) is 15.9. The molecule has 1 aliphatic carbocycles. The molecule has 1 amide bonds. The Morgan fingerprint density at radius 3 is 2.76 bits per heavy atom. The van der Waals surface area contributed by atoms with E-state index < -0.39 is 5.91 Å². The molecule has 21 heavy (non-hydrogen) atoms. The van der Waals surface area contributed by atoms with Crippen LogP contribution in [0.2, 0.25) is 5.02 Å². The van der Waals surface area contributed by atoms with Crippen LogP contribution < -0.4 is 20.5 Å². The maximum atomic E-state index is 10.8. The summed E-state index contributed by atoms with van der Waals surface area (Å²) in [6.07, 6.45) is 2.56. The van der Waals surface area contributed by atoms with Gasteiger partial charge in [-0.25, -0.2) is 0 Å². The van der Waals surface area contributed by atoms with E-state index in [0.29, 0.717) is 28.5 Å². The van der Waals surface area contributed by atoms with Crippen LogP contribution in [0, 0.1) is 5.41 Å². The lowest BCUT2D eigenvalue weighted by Gasteiger charge is -2.14. The lowest BCUT2D eigenvalue weighted by atomic mass is 10.1. The Balaban J connectivity index is 2.02. The van der Waals surface area contributed by atoms with Crippen molar-refractivity contribution in [2.45, 2.75) is 26.3 Å². The number of amides is 1. The average Bonchev–Trinajstić information content (AvgIpc) is 3.14. The van der Waals surface area contributed by atoms with E-state index in [4.69, 9.17) is 26.8 Å². The molecule has 3 N–H and O–H groups in total. The highest BCUT2D eigenvalue weighted by Gasteiger charge is 2.36. The molecule has 0 atom stereocenters. The number of carbonyl (C=O) groups excluding carboxylic acids is 1. The van der Waals surface area contributed by atoms with Crippen LogP contribution in [0.3, 0.4) is 0 Å². The number of halogens is 1. The summed E-state index contributed by atoms with van der Waals surface area (Å²) in [4.78, 5) is 10.8. The first-order chi connectivity index (χ1) is 9.93. The number of hydrogen-bond acceptors (Lipinski definition) is 4. The number of benzene rings is 1. The second-order valence-corrected chi connectivity index (χ2v) is 6.19. The van der Waals surface area contributed by atoms with E-state index in [1.165, 1.54) is 20.0 Å². The fraction of sp³-hybridized carbons (Fsp3) is 0.533. The molecule has 0 saturated heterocycles.